The molecule has 0 aromatic heterocycles. The minimum absolute atomic E-state index is 0.0273. The van der Waals surface area contributed by atoms with Crippen LogP contribution in [0.3, 0.4) is 0 Å². The van der Waals surface area contributed by atoms with Crippen molar-refractivity contribution in [2.75, 3.05) is 6.61 Å². The molecular weight excluding hydrogens is 320 g/mol. The van der Waals surface area contributed by atoms with Crippen LogP contribution in [0.5, 0.6) is 5.75 Å². The lowest BCUT2D eigenvalue weighted by Gasteiger charge is -2.26. The molecule has 0 aliphatic rings. The molecule has 2 rings (SSSR count). The Morgan fingerprint density at radius 3 is 2.50 bits per heavy atom. The lowest BCUT2D eigenvalue weighted by Crippen LogP contribution is -2.17. The molecule has 2 aromatic carbocycles. The molecule has 0 aliphatic heterocycles. The molecule has 0 atom stereocenters. The highest BCUT2D eigenvalue weighted by molar-refractivity contribution is 5.81. The first-order valence-electron chi connectivity index (χ1n) is 9.42. The van der Waals surface area contributed by atoms with Gasteiger partial charge in [-0.25, -0.2) is 0 Å². The smallest absolute Gasteiger partial charge is 0.153 e. The molecule has 0 heterocycles. The summed E-state index contributed by atoms with van der Waals surface area (Å²) in [5, 5.41) is 0. The molecule has 0 bridgehead atoms. The van der Waals surface area contributed by atoms with Crippen LogP contribution >= 0.6 is 0 Å². The number of aldehydes is 1. The molecule has 26 heavy (non-hydrogen) atoms. The van der Waals surface area contributed by atoms with E-state index in [1.165, 1.54) is 11.1 Å². The standard InChI is InChI=1S/C24H30O2/c1-5-11-20-16-22(24(3,4)6-2)17-21(18-25)23(20)26-15-10-14-19-12-8-7-9-13-19/h5,7-9,12-13,16-18H,1,6,10-11,14-15H2,2-4H3. The second kappa shape index (κ2) is 9.38. The van der Waals surface area contributed by atoms with Gasteiger partial charge in [0.2, 0.25) is 0 Å². The topological polar surface area (TPSA) is 26.3 Å². The lowest BCUT2D eigenvalue weighted by molar-refractivity contribution is 0.111. The predicted octanol–water partition coefficient (Wildman–Crippen LogP) is 5.93. The van der Waals surface area contributed by atoms with Crippen molar-refractivity contribution in [1.82, 2.24) is 0 Å². The van der Waals surface area contributed by atoms with Crippen LogP contribution in [-0.4, -0.2) is 12.9 Å². The monoisotopic (exact) mass is 350 g/mol. The second-order valence-electron chi connectivity index (χ2n) is 7.34. The first-order chi connectivity index (χ1) is 12.5. The van der Waals surface area contributed by atoms with E-state index >= 15 is 0 Å². The summed E-state index contributed by atoms with van der Waals surface area (Å²) in [5.41, 5.74) is 4.19. The van der Waals surface area contributed by atoms with E-state index in [9.17, 15) is 4.79 Å². The highest BCUT2D eigenvalue weighted by Gasteiger charge is 2.22. The van der Waals surface area contributed by atoms with Crippen LogP contribution < -0.4 is 4.74 Å². The van der Waals surface area contributed by atoms with Gasteiger partial charge in [-0.15, -0.1) is 6.58 Å². The molecule has 0 fully saturated rings. The van der Waals surface area contributed by atoms with E-state index in [0.717, 1.165) is 31.1 Å². The number of carbonyl (C=O) groups excluding carboxylic acids is 1. The van der Waals surface area contributed by atoms with E-state index < -0.39 is 0 Å². The number of ether oxygens (including phenoxy) is 1. The molecule has 0 radical (unpaired) electrons. The Kier molecular flexibility index (Phi) is 7.20. The van der Waals surface area contributed by atoms with Crippen LogP contribution in [0, 0.1) is 0 Å². The number of aryl methyl sites for hydroxylation is 1. The van der Waals surface area contributed by atoms with Crippen LogP contribution in [-0.2, 0) is 18.3 Å². The van der Waals surface area contributed by atoms with Gasteiger partial charge in [-0.05, 0) is 53.9 Å². The zero-order valence-electron chi connectivity index (χ0n) is 16.3. The molecule has 0 saturated carbocycles. The maximum absolute atomic E-state index is 11.7. The Bertz CT molecular complexity index is 729. The van der Waals surface area contributed by atoms with Crippen molar-refractivity contribution in [3.05, 3.63) is 77.4 Å². The normalized spacial score (nSPS) is 11.2. The van der Waals surface area contributed by atoms with Gasteiger partial charge in [0.25, 0.3) is 0 Å². The average molecular weight is 351 g/mol. The fourth-order valence-corrected chi connectivity index (χ4v) is 2.97. The second-order valence-corrected chi connectivity index (χ2v) is 7.34. The molecule has 2 heteroatoms. The summed E-state index contributed by atoms with van der Waals surface area (Å²) in [7, 11) is 0. The van der Waals surface area contributed by atoms with Crippen molar-refractivity contribution >= 4 is 6.29 Å². The Morgan fingerprint density at radius 2 is 1.88 bits per heavy atom. The fourth-order valence-electron chi connectivity index (χ4n) is 2.97. The maximum Gasteiger partial charge on any atom is 0.153 e. The summed E-state index contributed by atoms with van der Waals surface area (Å²) in [5.74, 6) is 0.712. The van der Waals surface area contributed by atoms with Gasteiger partial charge in [-0.3, -0.25) is 4.79 Å². The molecule has 2 nitrogen and oxygen atoms in total. The molecule has 138 valence electrons. The van der Waals surface area contributed by atoms with Gasteiger partial charge in [0, 0.05) is 0 Å². The quantitative estimate of drug-likeness (QED) is 0.302. The number of allylic oxidation sites excluding steroid dienone is 1. The van der Waals surface area contributed by atoms with Crippen LogP contribution in [0.1, 0.15) is 60.7 Å². The van der Waals surface area contributed by atoms with Crippen molar-refractivity contribution in [2.24, 2.45) is 0 Å². The molecule has 0 aliphatic carbocycles. The van der Waals surface area contributed by atoms with Gasteiger partial charge in [0.1, 0.15) is 5.75 Å². The Morgan fingerprint density at radius 1 is 1.15 bits per heavy atom. The third-order valence-electron chi connectivity index (χ3n) is 5.05. The third-order valence-corrected chi connectivity index (χ3v) is 5.05. The van der Waals surface area contributed by atoms with Gasteiger partial charge >= 0.3 is 0 Å². The van der Waals surface area contributed by atoms with Gasteiger partial charge < -0.3 is 4.74 Å². The Labute approximate surface area is 157 Å². The zero-order valence-corrected chi connectivity index (χ0v) is 16.3. The number of rotatable bonds is 10. The fraction of sp³-hybridized carbons (Fsp3) is 0.375. The molecule has 0 amide bonds. The van der Waals surface area contributed by atoms with Crippen molar-refractivity contribution in [3.8, 4) is 5.75 Å². The number of benzene rings is 2. The average Bonchev–Trinajstić information content (AvgIpc) is 2.66. The van der Waals surface area contributed by atoms with Crippen molar-refractivity contribution in [3.63, 3.8) is 0 Å². The molecule has 0 saturated heterocycles. The number of hydrogen-bond donors (Lipinski definition) is 0. The van der Waals surface area contributed by atoms with E-state index in [0.29, 0.717) is 24.3 Å². The van der Waals surface area contributed by atoms with Crippen molar-refractivity contribution in [2.45, 2.75) is 51.9 Å². The maximum atomic E-state index is 11.7. The van der Waals surface area contributed by atoms with Gasteiger partial charge in [-0.2, -0.15) is 0 Å². The summed E-state index contributed by atoms with van der Waals surface area (Å²) in [6.45, 7) is 11.0. The highest BCUT2D eigenvalue weighted by Crippen LogP contribution is 2.33. The minimum Gasteiger partial charge on any atom is -0.493 e. The van der Waals surface area contributed by atoms with Gasteiger partial charge in [0.15, 0.2) is 6.29 Å². The van der Waals surface area contributed by atoms with E-state index in [1.807, 2.05) is 18.2 Å². The largest absolute Gasteiger partial charge is 0.493 e. The van der Waals surface area contributed by atoms with Crippen LogP contribution in [0.2, 0.25) is 0 Å². The van der Waals surface area contributed by atoms with Crippen molar-refractivity contribution in [1.29, 1.82) is 0 Å². The molecule has 0 unspecified atom stereocenters. The summed E-state index contributed by atoms with van der Waals surface area (Å²) in [6.07, 6.45) is 6.36. The molecular formula is C24H30O2. The van der Waals surface area contributed by atoms with Gasteiger partial charge in [-0.1, -0.05) is 63.2 Å². The first-order valence-corrected chi connectivity index (χ1v) is 9.42. The first kappa shape index (κ1) is 20.0. The number of hydrogen-bond acceptors (Lipinski definition) is 2. The predicted molar refractivity (Wildman–Crippen MR) is 109 cm³/mol. The summed E-state index contributed by atoms with van der Waals surface area (Å²) < 4.78 is 6.06. The molecule has 0 spiro atoms. The number of carbonyl (C=O) groups is 1. The van der Waals surface area contributed by atoms with Gasteiger partial charge in [0.05, 0.1) is 12.2 Å². The summed E-state index contributed by atoms with van der Waals surface area (Å²) >= 11 is 0. The molecule has 2 aromatic rings. The minimum atomic E-state index is 0.0273. The van der Waals surface area contributed by atoms with E-state index in [4.69, 9.17) is 4.74 Å². The lowest BCUT2D eigenvalue weighted by atomic mass is 9.80. The van der Waals surface area contributed by atoms with E-state index in [1.54, 1.807) is 0 Å². The summed E-state index contributed by atoms with van der Waals surface area (Å²) in [6, 6.07) is 14.5. The third kappa shape index (κ3) is 5.08. The van der Waals surface area contributed by atoms with E-state index in [2.05, 4.69) is 57.7 Å². The SMILES string of the molecule is C=CCc1cc(C(C)(C)CC)cc(C=O)c1OCCCc1ccccc1. The Balaban J connectivity index is 2.17. The van der Waals surface area contributed by atoms with Crippen LogP contribution in [0.15, 0.2) is 55.1 Å². The summed E-state index contributed by atoms with van der Waals surface area (Å²) in [4.78, 5) is 11.7. The Hall–Kier alpha value is -2.35. The van der Waals surface area contributed by atoms with Crippen LogP contribution in [0.25, 0.3) is 0 Å². The van der Waals surface area contributed by atoms with E-state index in [-0.39, 0.29) is 5.41 Å². The van der Waals surface area contributed by atoms with Crippen molar-refractivity contribution < 1.29 is 9.53 Å². The highest BCUT2D eigenvalue weighted by atomic mass is 16.5. The van der Waals surface area contributed by atoms with Crippen LogP contribution in [0.4, 0.5) is 0 Å². The zero-order chi connectivity index (χ0) is 19.0. The molecule has 0 N–H and O–H groups in total.